The molecular formula is C35H39F2N7O4. The van der Waals surface area contributed by atoms with E-state index < -0.39 is 29.2 Å². The minimum Gasteiger partial charge on any atom is -0.444 e. The monoisotopic (exact) mass is 659 g/mol. The summed E-state index contributed by atoms with van der Waals surface area (Å²) in [6.07, 6.45) is 6.02. The van der Waals surface area contributed by atoms with Crippen molar-refractivity contribution in [1.29, 1.82) is 0 Å². The number of aromatic nitrogens is 6. The fourth-order valence-corrected chi connectivity index (χ4v) is 6.63. The molecule has 1 saturated heterocycles. The van der Waals surface area contributed by atoms with Crippen LogP contribution in [0.4, 0.5) is 13.6 Å². The van der Waals surface area contributed by atoms with Crippen molar-refractivity contribution in [2.45, 2.75) is 85.0 Å². The van der Waals surface area contributed by atoms with Crippen LogP contribution in [0.25, 0.3) is 28.1 Å². The van der Waals surface area contributed by atoms with Gasteiger partial charge < -0.3 is 9.47 Å². The topological polar surface area (TPSA) is 101 Å². The Morgan fingerprint density at radius 2 is 1.69 bits per heavy atom. The molecule has 0 N–H and O–H groups in total. The van der Waals surface area contributed by atoms with Gasteiger partial charge >= 0.3 is 11.8 Å². The lowest BCUT2D eigenvalue weighted by Gasteiger charge is -2.41. The standard InChI is InChI=1S/C35H39F2N7O4/c1-19-14-24(15-20(2)30(19)36)44-32(29(22(4)39-44)28-18-47-17-21(3)42(28)34(46)48-35(5,6)7)41-13-12-40(33(41)45)27-11-10-26-25(31(27)37)16-38-43(26)23-8-9-23/h10-16,21,23,28H,8-9,17-18H2,1-7H3/t21-,28-/m0/s1. The van der Waals surface area contributed by atoms with E-state index in [2.05, 4.69) is 5.10 Å². The van der Waals surface area contributed by atoms with Gasteiger partial charge in [-0.15, -0.1) is 0 Å². The van der Waals surface area contributed by atoms with Crippen molar-refractivity contribution in [1.82, 2.24) is 33.6 Å². The molecule has 2 aromatic carbocycles. The van der Waals surface area contributed by atoms with Gasteiger partial charge in [-0.2, -0.15) is 10.2 Å². The first-order valence-corrected chi connectivity index (χ1v) is 16.2. The largest absolute Gasteiger partial charge is 0.444 e. The van der Waals surface area contributed by atoms with Gasteiger partial charge in [-0.3, -0.25) is 18.7 Å². The second kappa shape index (κ2) is 11.4. The molecule has 3 aromatic heterocycles. The van der Waals surface area contributed by atoms with Gasteiger partial charge in [0.05, 0.1) is 65.5 Å². The number of ether oxygens (including phenoxy) is 2. The van der Waals surface area contributed by atoms with Gasteiger partial charge in [0.2, 0.25) is 0 Å². The summed E-state index contributed by atoms with van der Waals surface area (Å²) >= 11 is 0. The number of morpholine rings is 1. The first kappa shape index (κ1) is 31.8. The summed E-state index contributed by atoms with van der Waals surface area (Å²) in [5.41, 5.74) is 1.85. The molecule has 2 fully saturated rings. The lowest BCUT2D eigenvalue weighted by molar-refractivity contribution is -0.0574. The van der Waals surface area contributed by atoms with E-state index >= 15 is 4.39 Å². The fraction of sp³-hybridized carbons (Fsp3) is 0.429. The summed E-state index contributed by atoms with van der Waals surface area (Å²) in [5, 5.41) is 9.58. The highest BCUT2D eigenvalue weighted by atomic mass is 19.1. The molecule has 2 aliphatic rings. The molecule has 11 nitrogen and oxygen atoms in total. The second-order valence-electron chi connectivity index (χ2n) is 13.9. The summed E-state index contributed by atoms with van der Waals surface area (Å²) < 4.78 is 48.7. The van der Waals surface area contributed by atoms with Crippen molar-refractivity contribution in [3.8, 4) is 17.2 Å². The number of fused-ring (bicyclic) bond motifs is 1. The summed E-state index contributed by atoms with van der Waals surface area (Å²) in [6, 6.07) is 5.90. The van der Waals surface area contributed by atoms with Gasteiger partial charge in [-0.1, -0.05) is 0 Å². The van der Waals surface area contributed by atoms with Gasteiger partial charge in [0.25, 0.3) is 0 Å². The highest BCUT2D eigenvalue weighted by Gasteiger charge is 2.40. The maximum atomic E-state index is 16.1. The van der Waals surface area contributed by atoms with Crippen LogP contribution in [-0.4, -0.2) is 64.5 Å². The summed E-state index contributed by atoms with van der Waals surface area (Å²) in [6.45, 7) is 12.8. The number of rotatable bonds is 5. The molecule has 1 saturated carbocycles. The minimum atomic E-state index is -0.751. The first-order valence-electron chi connectivity index (χ1n) is 16.2. The molecule has 1 aliphatic carbocycles. The number of hydrogen-bond acceptors (Lipinski definition) is 6. The van der Waals surface area contributed by atoms with Gasteiger partial charge in [-0.05, 0) is 96.7 Å². The van der Waals surface area contributed by atoms with Gasteiger partial charge in [0, 0.05) is 18.0 Å². The average Bonchev–Trinajstić information content (AvgIpc) is 3.51. The molecule has 2 atom stereocenters. The fourth-order valence-electron chi connectivity index (χ4n) is 6.63. The molecule has 0 radical (unpaired) electrons. The molecule has 0 unspecified atom stereocenters. The van der Waals surface area contributed by atoms with Crippen LogP contribution in [0.5, 0.6) is 0 Å². The highest BCUT2D eigenvalue weighted by molar-refractivity contribution is 5.82. The molecule has 5 aromatic rings. The van der Waals surface area contributed by atoms with E-state index in [-0.39, 0.29) is 30.2 Å². The van der Waals surface area contributed by atoms with E-state index in [0.717, 1.165) is 12.8 Å². The minimum absolute atomic E-state index is 0.0735. The van der Waals surface area contributed by atoms with Crippen LogP contribution in [0, 0.1) is 32.4 Å². The van der Waals surface area contributed by atoms with E-state index in [1.54, 1.807) is 81.6 Å². The third-order valence-electron chi connectivity index (χ3n) is 8.98. The molecule has 0 bridgehead atoms. The summed E-state index contributed by atoms with van der Waals surface area (Å²) in [7, 11) is 0. The Morgan fingerprint density at radius 3 is 2.35 bits per heavy atom. The zero-order valence-corrected chi connectivity index (χ0v) is 28.1. The Morgan fingerprint density at radius 1 is 1.00 bits per heavy atom. The second-order valence-corrected chi connectivity index (χ2v) is 13.9. The van der Waals surface area contributed by atoms with Gasteiger partial charge in [0.1, 0.15) is 17.2 Å². The van der Waals surface area contributed by atoms with Crippen LogP contribution in [0.2, 0.25) is 0 Å². The molecule has 252 valence electrons. The Labute approximate surface area is 276 Å². The Hall–Kier alpha value is -4.78. The average molecular weight is 660 g/mol. The van der Waals surface area contributed by atoms with E-state index in [0.29, 0.717) is 51.4 Å². The molecule has 7 rings (SSSR count). The van der Waals surface area contributed by atoms with Gasteiger partial charge in [-0.25, -0.2) is 23.1 Å². The number of nitrogens with zero attached hydrogens (tertiary/aromatic N) is 7. The zero-order chi connectivity index (χ0) is 34.2. The molecule has 4 heterocycles. The van der Waals surface area contributed by atoms with Crippen molar-refractivity contribution in [3.63, 3.8) is 0 Å². The maximum absolute atomic E-state index is 16.1. The number of amides is 1. The lowest BCUT2D eigenvalue weighted by atomic mass is 10.0. The quantitative estimate of drug-likeness (QED) is 0.217. The van der Waals surface area contributed by atoms with E-state index in [1.165, 1.54) is 21.5 Å². The Balaban J connectivity index is 1.42. The third kappa shape index (κ3) is 5.29. The van der Waals surface area contributed by atoms with Crippen LogP contribution < -0.4 is 5.69 Å². The number of aryl methyl sites for hydroxylation is 3. The summed E-state index contributed by atoms with van der Waals surface area (Å²) in [4.78, 5) is 29.7. The molecule has 1 aliphatic heterocycles. The van der Waals surface area contributed by atoms with Crippen molar-refractivity contribution in [3.05, 3.63) is 87.4 Å². The number of carbonyl (C=O) groups is 1. The molecule has 48 heavy (non-hydrogen) atoms. The Bertz CT molecular complexity index is 2110. The number of halogens is 2. The van der Waals surface area contributed by atoms with Crippen LogP contribution in [0.15, 0.2) is 47.7 Å². The van der Waals surface area contributed by atoms with Gasteiger partial charge in [0.15, 0.2) is 5.82 Å². The number of imidazole rings is 1. The van der Waals surface area contributed by atoms with Crippen LogP contribution in [0.3, 0.4) is 0 Å². The van der Waals surface area contributed by atoms with E-state index in [4.69, 9.17) is 14.6 Å². The number of hydrogen-bond donors (Lipinski definition) is 0. The third-order valence-corrected chi connectivity index (χ3v) is 8.98. The molecule has 1 amide bonds. The molecule has 0 spiro atoms. The smallest absolute Gasteiger partial charge is 0.411 e. The van der Waals surface area contributed by atoms with Crippen LogP contribution >= 0.6 is 0 Å². The van der Waals surface area contributed by atoms with Crippen LogP contribution in [-0.2, 0) is 9.47 Å². The number of benzene rings is 2. The molecular weight excluding hydrogens is 620 g/mol. The normalized spacial score (nSPS) is 18.6. The predicted molar refractivity (Wildman–Crippen MR) is 175 cm³/mol. The van der Waals surface area contributed by atoms with E-state index in [1.807, 2.05) is 11.6 Å². The lowest BCUT2D eigenvalue weighted by Crippen LogP contribution is -2.51. The van der Waals surface area contributed by atoms with Crippen molar-refractivity contribution >= 4 is 17.0 Å². The zero-order valence-electron chi connectivity index (χ0n) is 28.1. The van der Waals surface area contributed by atoms with E-state index in [9.17, 15) is 14.0 Å². The van der Waals surface area contributed by atoms with Crippen LogP contribution in [0.1, 0.15) is 75.0 Å². The first-order chi connectivity index (χ1) is 22.7. The Kier molecular flexibility index (Phi) is 7.57. The van der Waals surface area contributed by atoms with Crippen molar-refractivity contribution in [2.75, 3.05) is 13.2 Å². The van der Waals surface area contributed by atoms with Crippen molar-refractivity contribution < 1.29 is 23.0 Å². The molecule has 13 heteroatoms. The highest BCUT2D eigenvalue weighted by Crippen LogP contribution is 2.38. The van der Waals surface area contributed by atoms with Crippen molar-refractivity contribution in [2.24, 2.45) is 0 Å². The maximum Gasteiger partial charge on any atom is 0.411 e. The SMILES string of the molecule is Cc1cc(-n2nc(C)c([C@@H]3COC[C@H](C)N3C(=O)OC(C)(C)C)c2-n2ccn(-c3ccc4c(cnn4C4CC4)c3F)c2=O)cc(C)c1F. The summed E-state index contributed by atoms with van der Waals surface area (Å²) in [5.74, 6) is -0.574. The predicted octanol–water partition coefficient (Wildman–Crippen LogP) is 6.40. The number of carbonyl (C=O) groups excluding carboxylic acids is 1.